The minimum absolute atomic E-state index is 0.451. The second-order valence-electron chi connectivity index (χ2n) is 5.50. The molecule has 0 aliphatic rings. The van der Waals surface area contributed by atoms with Gasteiger partial charge in [-0.2, -0.15) is 0 Å². The molecule has 4 nitrogen and oxygen atoms in total. The molecule has 0 saturated carbocycles. The van der Waals surface area contributed by atoms with Crippen molar-refractivity contribution in [1.82, 2.24) is 9.38 Å². The molecule has 0 fully saturated rings. The lowest BCUT2D eigenvalue weighted by molar-refractivity contribution is 0.284. The lowest BCUT2D eigenvalue weighted by Crippen LogP contribution is -1.97. The smallest absolute Gasteiger partial charge is 0.194 e. The van der Waals surface area contributed by atoms with Crippen molar-refractivity contribution in [3.05, 3.63) is 70.8 Å². The van der Waals surface area contributed by atoms with E-state index in [2.05, 4.69) is 4.98 Å². The van der Waals surface area contributed by atoms with Crippen molar-refractivity contribution in [2.75, 3.05) is 7.11 Å². The van der Waals surface area contributed by atoms with E-state index in [9.17, 15) is 0 Å². The summed E-state index contributed by atoms with van der Waals surface area (Å²) in [5, 5.41) is 2.73. The maximum absolute atomic E-state index is 5.91. The highest BCUT2D eigenvalue weighted by molar-refractivity contribution is 7.15. The number of thiazole rings is 1. The molecule has 0 bridgehead atoms. The van der Waals surface area contributed by atoms with Crippen molar-refractivity contribution in [3.8, 4) is 22.8 Å². The van der Waals surface area contributed by atoms with E-state index in [0.717, 1.165) is 21.8 Å². The van der Waals surface area contributed by atoms with Crippen molar-refractivity contribution < 1.29 is 9.47 Å². The molecular formula is C19H15ClN2O2S. The molecule has 0 unspecified atom stereocenters. The van der Waals surface area contributed by atoms with Crippen molar-refractivity contribution in [3.63, 3.8) is 0 Å². The second kappa shape index (κ2) is 6.78. The highest BCUT2D eigenvalue weighted by Gasteiger charge is 2.10. The fraction of sp³-hybridized carbons (Fsp3) is 0.105. The van der Waals surface area contributed by atoms with Crippen LogP contribution in [-0.4, -0.2) is 16.5 Å². The van der Waals surface area contributed by atoms with Crippen LogP contribution in [0.15, 0.2) is 60.2 Å². The van der Waals surface area contributed by atoms with E-state index in [0.29, 0.717) is 23.1 Å². The van der Waals surface area contributed by atoms with Crippen LogP contribution in [0.5, 0.6) is 11.5 Å². The fourth-order valence-electron chi connectivity index (χ4n) is 2.55. The van der Waals surface area contributed by atoms with Gasteiger partial charge >= 0.3 is 0 Å². The first-order valence-electron chi connectivity index (χ1n) is 7.71. The van der Waals surface area contributed by atoms with Crippen LogP contribution in [0.1, 0.15) is 5.56 Å². The molecule has 0 aliphatic heterocycles. The maximum atomic E-state index is 5.91. The summed E-state index contributed by atoms with van der Waals surface area (Å²) < 4.78 is 13.4. The Morgan fingerprint density at radius 1 is 1.12 bits per heavy atom. The molecule has 4 aromatic rings. The third kappa shape index (κ3) is 3.34. The van der Waals surface area contributed by atoms with Crippen molar-refractivity contribution in [2.45, 2.75) is 6.61 Å². The zero-order chi connectivity index (χ0) is 17.2. The van der Waals surface area contributed by atoms with Gasteiger partial charge in [0.15, 0.2) is 16.5 Å². The quantitative estimate of drug-likeness (QED) is 0.478. The number of ether oxygens (including phenoxy) is 2. The van der Waals surface area contributed by atoms with Gasteiger partial charge in [0.2, 0.25) is 0 Å². The van der Waals surface area contributed by atoms with Crippen LogP contribution in [0.4, 0.5) is 0 Å². The number of hydrogen-bond donors (Lipinski definition) is 0. The number of hydrogen-bond acceptors (Lipinski definition) is 4. The third-order valence-corrected chi connectivity index (χ3v) is 4.88. The number of halogens is 1. The monoisotopic (exact) mass is 370 g/mol. The summed E-state index contributed by atoms with van der Waals surface area (Å²) in [6.45, 7) is 0.451. The number of aromatic nitrogens is 2. The number of benzene rings is 2. The maximum Gasteiger partial charge on any atom is 0.194 e. The molecule has 0 amide bonds. The van der Waals surface area contributed by atoms with Crippen LogP contribution < -0.4 is 9.47 Å². The molecule has 4 rings (SSSR count). The Hall–Kier alpha value is -2.50. The van der Waals surface area contributed by atoms with Crippen LogP contribution in [0, 0.1) is 0 Å². The van der Waals surface area contributed by atoms with Gasteiger partial charge in [0.05, 0.1) is 12.8 Å². The van der Waals surface area contributed by atoms with Crippen LogP contribution >= 0.6 is 22.9 Å². The molecule has 2 heterocycles. The first-order chi connectivity index (χ1) is 12.2. The number of rotatable bonds is 5. The first kappa shape index (κ1) is 16.0. The SMILES string of the molecule is COc1cc(-c2cn3ccsc3n2)ccc1OCc1ccc(Cl)cc1. The second-order valence-corrected chi connectivity index (χ2v) is 6.81. The summed E-state index contributed by atoms with van der Waals surface area (Å²) in [5.74, 6) is 1.38. The Morgan fingerprint density at radius 2 is 1.96 bits per heavy atom. The van der Waals surface area contributed by atoms with Gasteiger partial charge in [0.25, 0.3) is 0 Å². The number of imidazole rings is 1. The largest absolute Gasteiger partial charge is 0.493 e. The van der Waals surface area contributed by atoms with Crippen LogP contribution in [-0.2, 0) is 6.61 Å². The molecule has 126 valence electrons. The Morgan fingerprint density at radius 3 is 2.72 bits per heavy atom. The minimum Gasteiger partial charge on any atom is -0.493 e. The molecule has 0 spiro atoms. The van der Waals surface area contributed by atoms with Gasteiger partial charge in [-0.15, -0.1) is 11.3 Å². The van der Waals surface area contributed by atoms with E-state index < -0.39 is 0 Å². The van der Waals surface area contributed by atoms with E-state index >= 15 is 0 Å². The van der Waals surface area contributed by atoms with Gasteiger partial charge in [0, 0.05) is 28.4 Å². The summed E-state index contributed by atoms with van der Waals surface area (Å²) in [6.07, 6.45) is 4.01. The molecular weight excluding hydrogens is 356 g/mol. The predicted molar refractivity (Wildman–Crippen MR) is 101 cm³/mol. The summed E-state index contributed by atoms with van der Waals surface area (Å²) in [5.41, 5.74) is 2.95. The zero-order valence-electron chi connectivity index (χ0n) is 13.5. The fourth-order valence-corrected chi connectivity index (χ4v) is 3.38. The van der Waals surface area contributed by atoms with Crippen LogP contribution in [0.25, 0.3) is 16.2 Å². The average molecular weight is 371 g/mol. The van der Waals surface area contributed by atoms with Crippen LogP contribution in [0.2, 0.25) is 5.02 Å². The number of nitrogens with zero attached hydrogens (tertiary/aromatic N) is 2. The molecule has 0 aliphatic carbocycles. The van der Waals surface area contributed by atoms with Gasteiger partial charge in [0.1, 0.15) is 6.61 Å². The Bertz CT molecular complexity index is 979. The van der Waals surface area contributed by atoms with Gasteiger partial charge < -0.3 is 9.47 Å². The topological polar surface area (TPSA) is 35.8 Å². The third-order valence-electron chi connectivity index (χ3n) is 3.86. The molecule has 0 saturated heterocycles. The lowest BCUT2D eigenvalue weighted by atomic mass is 10.1. The van der Waals surface area contributed by atoms with E-state index in [4.69, 9.17) is 21.1 Å². The van der Waals surface area contributed by atoms with Crippen molar-refractivity contribution in [1.29, 1.82) is 0 Å². The molecule has 6 heteroatoms. The highest BCUT2D eigenvalue weighted by Crippen LogP contribution is 2.33. The summed E-state index contributed by atoms with van der Waals surface area (Å²) in [4.78, 5) is 5.59. The van der Waals surface area contributed by atoms with Gasteiger partial charge in [-0.05, 0) is 35.9 Å². The molecule has 0 radical (unpaired) electrons. The zero-order valence-corrected chi connectivity index (χ0v) is 15.1. The standard InChI is InChI=1S/C19H15ClN2O2S/c1-23-18-10-14(16-11-22-8-9-25-19(22)21-16)4-7-17(18)24-12-13-2-5-15(20)6-3-13/h2-11H,12H2,1H3. The normalized spacial score (nSPS) is 11.0. The van der Waals surface area contributed by atoms with E-state index in [-0.39, 0.29) is 0 Å². The molecule has 0 atom stereocenters. The van der Waals surface area contributed by atoms with E-state index in [1.807, 2.05) is 64.6 Å². The first-order valence-corrected chi connectivity index (χ1v) is 8.96. The molecule has 2 aromatic carbocycles. The number of fused-ring (bicyclic) bond motifs is 1. The Kier molecular flexibility index (Phi) is 4.34. The van der Waals surface area contributed by atoms with Crippen molar-refractivity contribution >= 4 is 27.9 Å². The molecule has 2 aromatic heterocycles. The average Bonchev–Trinajstić information content (AvgIpc) is 3.23. The lowest BCUT2D eigenvalue weighted by Gasteiger charge is -2.12. The van der Waals surface area contributed by atoms with E-state index in [1.54, 1.807) is 18.4 Å². The highest BCUT2D eigenvalue weighted by atomic mass is 35.5. The molecule has 25 heavy (non-hydrogen) atoms. The Balaban J connectivity index is 1.56. The van der Waals surface area contributed by atoms with Gasteiger partial charge in [-0.1, -0.05) is 23.7 Å². The minimum atomic E-state index is 0.451. The predicted octanol–water partition coefficient (Wildman–Crippen LogP) is 5.30. The molecule has 0 N–H and O–H groups in total. The van der Waals surface area contributed by atoms with Gasteiger partial charge in [-0.25, -0.2) is 4.98 Å². The summed E-state index contributed by atoms with van der Waals surface area (Å²) in [7, 11) is 1.64. The summed E-state index contributed by atoms with van der Waals surface area (Å²) in [6, 6.07) is 13.4. The van der Waals surface area contributed by atoms with E-state index in [1.165, 1.54) is 0 Å². The van der Waals surface area contributed by atoms with Gasteiger partial charge in [-0.3, -0.25) is 4.40 Å². The Labute approximate surface area is 154 Å². The number of methoxy groups -OCH3 is 1. The van der Waals surface area contributed by atoms with Crippen LogP contribution in [0.3, 0.4) is 0 Å². The summed E-state index contributed by atoms with van der Waals surface area (Å²) >= 11 is 7.51. The van der Waals surface area contributed by atoms with Crippen molar-refractivity contribution in [2.24, 2.45) is 0 Å².